The largest absolute Gasteiger partial charge is 0.206 e. The average Bonchev–Trinajstić information content (AvgIpc) is 2.32. The Morgan fingerprint density at radius 1 is 1.00 bits per heavy atom. The summed E-state index contributed by atoms with van der Waals surface area (Å²) in [7, 11) is 0. The fraction of sp³-hybridized carbons (Fsp3) is 0.133. The van der Waals surface area contributed by atoms with Crippen LogP contribution >= 0.6 is 0 Å². The Morgan fingerprint density at radius 3 is 2.41 bits per heavy atom. The predicted molar refractivity (Wildman–Crippen MR) is 66.0 cm³/mol. The molecular formula is C15H12FN. The molecule has 0 bridgehead atoms. The van der Waals surface area contributed by atoms with Crippen molar-refractivity contribution in [3.63, 3.8) is 0 Å². The first-order valence-corrected chi connectivity index (χ1v) is 5.39. The zero-order valence-electron chi connectivity index (χ0n) is 9.79. The number of benzene rings is 2. The minimum Gasteiger partial charge on any atom is -0.206 e. The maximum absolute atomic E-state index is 13.9. The zero-order valence-corrected chi connectivity index (χ0v) is 9.79. The summed E-state index contributed by atoms with van der Waals surface area (Å²) in [6, 6.07) is 12.4. The number of hydrogen-bond acceptors (Lipinski definition) is 1. The van der Waals surface area contributed by atoms with Crippen LogP contribution in [-0.4, -0.2) is 0 Å². The van der Waals surface area contributed by atoms with E-state index in [1.54, 1.807) is 12.1 Å². The molecule has 1 nitrogen and oxygen atoms in total. The van der Waals surface area contributed by atoms with Crippen LogP contribution in [0.1, 0.15) is 16.7 Å². The van der Waals surface area contributed by atoms with Crippen LogP contribution in [0.25, 0.3) is 11.1 Å². The van der Waals surface area contributed by atoms with E-state index < -0.39 is 0 Å². The number of hydrogen-bond donors (Lipinski definition) is 0. The van der Waals surface area contributed by atoms with Crippen LogP contribution in [0.3, 0.4) is 0 Å². The SMILES string of the molecule is Cc1ccc(C)c(-c2ccc(C#N)cc2F)c1. The molecule has 0 fully saturated rings. The molecule has 0 aliphatic heterocycles. The van der Waals surface area contributed by atoms with Crippen molar-refractivity contribution in [2.75, 3.05) is 0 Å². The van der Waals surface area contributed by atoms with Crippen molar-refractivity contribution in [3.05, 3.63) is 58.9 Å². The maximum atomic E-state index is 13.9. The first-order chi connectivity index (χ1) is 8.11. The Labute approximate surface area is 100 Å². The molecule has 0 N–H and O–H groups in total. The lowest BCUT2D eigenvalue weighted by Gasteiger charge is -2.08. The first kappa shape index (κ1) is 11.3. The van der Waals surface area contributed by atoms with Crippen molar-refractivity contribution < 1.29 is 4.39 Å². The molecule has 0 amide bonds. The van der Waals surface area contributed by atoms with E-state index in [0.29, 0.717) is 11.1 Å². The van der Waals surface area contributed by atoms with Crippen LogP contribution in [0.2, 0.25) is 0 Å². The molecule has 17 heavy (non-hydrogen) atoms. The fourth-order valence-electron chi connectivity index (χ4n) is 1.83. The molecule has 84 valence electrons. The fourth-order valence-corrected chi connectivity index (χ4v) is 1.83. The Balaban J connectivity index is 2.61. The van der Waals surface area contributed by atoms with Crippen LogP contribution in [0.4, 0.5) is 4.39 Å². The zero-order chi connectivity index (χ0) is 12.4. The van der Waals surface area contributed by atoms with Crippen LogP contribution < -0.4 is 0 Å². The highest BCUT2D eigenvalue weighted by Crippen LogP contribution is 2.27. The summed E-state index contributed by atoms with van der Waals surface area (Å²) in [6.45, 7) is 3.93. The van der Waals surface area contributed by atoms with Crippen molar-refractivity contribution in [2.45, 2.75) is 13.8 Å². The minimum absolute atomic E-state index is 0.344. The molecule has 0 unspecified atom stereocenters. The molecule has 2 rings (SSSR count). The van der Waals surface area contributed by atoms with E-state index >= 15 is 0 Å². The van der Waals surface area contributed by atoms with Gasteiger partial charge in [0.25, 0.3) is 0 Å². The first-order valence-electron chi connectivity index (χ1n) is 5.39. The quantitative estimate of drug-likeness (QED) is 0.720. The third-order valence-electron chi connectivity index (χ3n) is 2.78. The summed E-state index contributed by atoms with van der Waals surface area (Å²) in [5.74, 6) is -0.349. The predicted octanol–water partition coefficient (Wildman–Crippen LogP) is 3.98. The van der Waals surface area contributed by atoms with Crippen LogP contribution in [-0.2, 0) is 0 Å². The van der Waals surface area contributed by atoms with Crippen molar-refractivity contribution in [3.8, 4) is 17.2 Å². The smallest absolute Gasteiger partial charge is 0.132 e. The van der Waals surface area contributed by atoms with Gasteiger partial charge in [0.05, 0.1) is 11.6 Å². The summed E-state index contributed by atoms with van der Waals surface area (Å²) in [4.78, 5) is 0. The number of halogens is 1. The molecule has 0 spiro atoms. The average molecular weight is 225 g/mol. The lowest BCUT2D eigenvalue weighted by Crippen LogP contribution is -1.90. The topological polar surface area (TPSA) is 23.8 Å². The third kappa shape index (κ3) is 2.19. The van der Waals surface area contributed by atoms with Gasteiger partial charge in [0.15, 0.2) is 0 Å². The van der Waals surface area contributed by atoms with E-state index in [1.165, 1.54) is 6.07 Å². The summed E-state index contributed by atoms with van der Waals surface area (Å²) in [5.41, 5.74) is 3.89. The van der Waals surface area contributed by atoms with Crippen LogP contribution in [0, 0.1) is 31.0 Å². The van der Waals surface area contributed by atoms with Gasteiger partial charge < -0.3 is 0 Å². The standard InChI is InChI=1S/C15H12FN/c1-10-3-4-11(2)14(7-10)13-6-5-12(9-17)8-15(13)16/h3-8H,1-2H3. The highest BCUT2D eigenvalue weighted by molar-refractivity contribution is 5.69. The van der Waals surface area contributed by atoms with Crippen molar-refractivity contribution in [2.24, 2.45) is 0 Å². The van der Waals surface area contributed by atoms with Gasteiger partial charge in [-0.1, -0.05) is 29.8 Å². The molecule has 0 aliphatic rings. The maximum Gasteiger partial charge on any atom is 0.132 e. The third-order valence-corrected chi connectivity index (χ3v) is 2.78. The van der Waals surface area contributed by atoms with Gasteiger partial charge in [0.1, 0.15) is 5.82 Å². The molecule has 2 aromatic rings. The van der Waals surface area contributed by atoms with E-state index in [1.807, 2.05) is 38.1 Å². The van der Waals surface area contributed by atoms with Gasteiger partial charge >= 0.3 is 0 Å². The molecule has 0 aromatic heterocycles. The monoisotopic (exact) mass is 225 g/mol. The van der Waals surface area contributed by atoms with Gasteiger partial charge in [0.2, 0.25) is 0 Å². The molecular weight excluding hydrogens is 213 g/mol. The van der Waals surface area contributed by atoms with Crippen molar-refractivity contribution >= 4 is 0 Å². The van der Waals surface area contributed by atoms with Gasteiger partial charge in [-0.15, -0.1) is 0 Å². The van der Waals surface area contributed by atoms with Gasteiger partial charge in [-0.05, 0) is 37.1 Å². The summed E-state index contributed by atoms with van der Waals surface area (Å²) >= 11 is 0. The molecule has 2 heteroatoms. The normalized spacial score (nSPS) is 10.0. The summed E-state index contributed by atoms with van der Waals surface area (Å²) in [6.07, 6.45) is 0. The second-order valence-electron chi connectivity index (χ2n) is 4.12. The number of nitrogens with zero attached hydrogens (tertiary/aromatic N) is 1. The van der Waals surface area contributed by atoms with Crippen LogP contribution in [0.5, 0.6) is 0 Å². The molecule has 0 radical (unpaired) electrons. The van der Waals surface area contributed by atoms with E-state index in [9.17, 15) is 4.39 Å². The van der Waals surface area contributed by atoms with Gasteiger partial charge in [-0.25, -0.2) is 4.39 Å². The molecule has 0 aliphatic carbocycles. The Bertz CT molecular complexity index is 609. The Hall–Kier alpha value is -2.14. The minimum atomic E-state index is -0.349. The highest BCUT2D eigenvalue weighted by Gasteiger charge is 2.08. The highest BCUT2D eigenvalue weighted by atomic mass is 19.1. The second kappa shape index (κ2) is 4.39. The van der Waals surface area contributed by atoms with E-state index in [2.05, 4.69) is 0 Å². The molecule has 0 saturated carbocycles. The number of rotatable bonds is 1. The van der Waals surface area contributed by atoms with Crippen molar-refractivity contribution in [1.29, 1.82) is 5.26 Å². The van der Waals surface area contributed by atoms with Gasteiger partial charge in [0, 0.05) is 5.56 Å². The Morgan fingerprint density at radius 2 is 1.76 bits per heavy atom. The molecule has 2 aromatic carbocycles. The summed E-state index contributed by atoms with van der Waals surface area (Å²) in [5, 5.41) is 8.71. The van der Waals surface area contributed by atoms with E-state index in [4.69, 9.17) is 5.26 Å². The second-order valence-corrected chi connectivity index (χ2v) is 4.12. The van der Waals surface area contributed by atoms with Crippen molar-refractivity contribution in [1.82, 2.24) is 0 Å². The van der Waals surface area contributed by atoms with Gasteiger partial charge in [-0.3, -0.25) is 0 Å². The molecule has 0 heterocycles. The molecule has 0 saturated heterocycles. The van der Waals surface area contributed by atoms with E-state index in [-0.39, 0.29) is 5.82 Å². The lowest BCUT2D eigenvalue weighted by atomic mass is 9.97. The van der Waals surface area contributed by atoms with Crippen LogP contribution in [0.15, 0.2) is 36.4 Å². The number of aryl methyl sites for hydroxylation is 2. The lowest BCUT2D eigenvalue weighted by molar-refractivity contribution is 0.630. The summed E-state index contributed by atoms with van der Waals surface area (Å²) < 4.78 is 13.9. The Kier molecular flexibility index (Phi) is 2.93. The van der Waals surface area contributed by atoms with E-state index in [0.717, 1.165) is 16.7 Å². The molecule has 0 atom stereocenters. The van der Waals surface area contributed by atoms with Gasteiger partial charge in [-0.2, -0.15) is 5.26 Å². The number of nitriles is 1.